The van der Waals surface area contributed by atoms with E-state index in [1.807, 2.05) is 6.08 Å². The fourth-order valence-electron chi connectivity index (χ4n) is 5.94. The molecule has 2 aliphatic rings. The second-order valence-electron chi connectivity index (χ2n) is 10.9. The predicted octanol–water partition coefficient (Wildman–Crippen LogP) is 11.5. The van der Waals surface area contributed by atoms with Crippen molar-refractivity contribution in [3.05, 3.63) is 194 Å². The van der Waals surface area contributed by atoms with Gasteiger partial charge in [0.1, 0.15) is 0 Å². The molecule has 0 N–H and O–H groups in total. The largest absolute Gasteiger partial charge is 0.311 e. The number of nitrogens with zero attached hydrogens (tertiary/aromatic N) is 1. The summed E-state index contributed by atoms with van der Waals surface area (Å²) in [5.41, 5.74) is 9.56. The minimum atomic E-state index is 0.281. The predicted molar refractivity (Wildman–Crippen MR) is 185 cm³/mol. The SMILES string of the molecule is C=C/C(=C\C=C\C1C=CC=CC1)N(c1ccccc1)c1ccc(-c2ccccc2-c2ccccc2)c(C2C=CC=CC2)c1. The van der Waals surface area contributed by atoms with Crippen LogP contribution in [0, 0.1) is 5.92 Å². The highest BCUT2D eigenvalue weighted by molar-refractivity contribution is 5.87. The number of allylic oxidation sites excluding steroid dienone is 12. The lowest BCUT2D eigenvalue weighted by Gasteiger charge is -2.29. The van der Waals surface area contributed by atoms with E-state index >= 15 is 0 Å². The van der Waals surface area contributed by atoms with Gasteiger partial charge >= 0.3 is 0 Å². The van der Waals surface area contributed by atoms with Crippen molar-refractivity contribution < 1.29 is 0 Å². The minimum Gasteiger partial charge on any atom is -0.311 e. The molecule has 4 aromatic rings. The van der Waals surface area contributed by atoms with Gasteiger partial charge in [-0.25, -0.2) is 0 Å². The molecule has 0 radical (unpaired) electrons. The molecule has 0 heterocycles. The molecule has 4 aromatic carbocycles. The molecule has 0 aliphatic heterocycles. The molecule has 43 heavy (non-hydrogen) atoms. The van der Waals surface area contributed by atoms with Crippen LogP contribution in [0.3, 0.4) is 0 Å². The Morgan fingerprint density at radius 1 is 0.651 bits per heavy atom. The molecular formula is C42H37N. The van der Waals surface area contributed by atoms with Gasteiger partial charge < -0.3 is 4.90 Å². The topological polar surface area (TPSA) is 3.24 Å². The zero-order chi connectivity index (χ0) is 29.3. The zero-order valence-electron chi connectivity index (χ0n) is 24.5. The standard InChI is InChI=1S/C42H37N/c1-2-36(27-17-20-33-18-7-3-8-19-33)43(37-25-13-6-14-26-37)38-30-31-41(42(32-38)35-23-11-5-12-24-35)40-29-16-15-28-39(40)34-21-9-4-10-22-34/h2-18,20-23,25-33,35H,1,19,24H2/b20-17+,36-27+. The summed E-state index contributed by atoms with van der Waals surface area (Å²) >= 11 is 0. The molecule has 2 aliphatic carbocycles. The maximum Gasteiger partial charge on any atom is 0.0465 e. The van der Waals surface area contributed by atoms with Crippen LogP contribution >= 0.6 is 0 Å². The van der Waals surface area contributed by atoms with Crippen LogP contribution in [-0.4, -0.2) is 0 Å². The number of benzene rings is 4. The highest BCUT2D eigenvalue weighted by Gasteiger charge is 2.21. The molecule has 2 atom stereocenters. The molecule has 0 bridgehead atoms. The van der Waals surface area contributed by atoms with Crippen LogP contribution in [0.5, 0.6) is 0 Å². The average Bonchev–Trinajstić information content (AvgIpc) is 3.09. The van der Waals surface area contributed by atoms with Crippen LogP contribution < -0.4 is 4.90 Å². The van der Waals surface area contributed by atoms with Gasteiger partial charge in [0.2, 0.25) is 0 Å². The molecule has 0 spiro atoms. The lowest BCUT2D eigenvalue weighted by atomic mass is 9.84. The summed E-state index contributed by atoms with van der Waals surface area (Å²) < 4.78 is 0. The smallest absolute Gasteiger partial charge is 0.0465 e. The van der Waals surface area contributed by atoms with Crippen molar-refractivity contribution in [1.29, 1.82) is 0 Å². The third kappa shape index (κ3) is 6.52. The van der Waals surface area contributed by atoms with Crippen LogP contribution in [0.25, 0.3) is 22.3 Å². The van der Waals surface area contributed by atoms with Crippen molar-refractivity contribution >= 4 is 11.4 Å². The molecule has 210 valence electrons. The van der Waals surface area contributed by atoms with Gasteiger partial charge in [-0.2, -0.15) is 0 Å². The highest BCUT2D eigenvalue weighted by Crippen LogP contribution is 2.42. The quantitative estimate of drug-likeness (QED) is 0.186. The molecule has 6 rings (SSSR count). The first-order chi connectivity index (χ1) is 21.3. The van der Waals surface area contributed by atoms with E-state index in [4.69, 9.17) is 0 Å². The summed E-state index contributed by atoms with van der Waals surface area (Å²) in [4.78, 5) is 2.31. The van der Waals surface area contributed by atoms with Crippen LogP contribution in [0.4, 0.5) is 11.4 Å². The van der Waals surface area contributed by atoms with Crippen molar-refractivity contribution in [3.8, 4) is 22.3 Å². The molecular weight excluding hydrogens is 518 g/mol. The Kier molecular flexibility index (Phi) is 8.91. The van der Waals surface area contributed by atoms with Crippen molar-refractivity contribution in [2.24, 2.45) is 5.92 Å². The van der Waals surface area contributed by atoms with E-state index in [1.165, 1.54) is 27.8 Å². The maximum atomic E-state index is 4.23. The van der Waals surface area contributed by atoms with Crippen molar-refractivity contribution in [1.82, 2.24) is 0 Å². The third-order valence-electron chi connectivity index (χ3n) is 8.10. The van der Waals surface area contributed by atoms with Crippen molar-refractivity contribution in [2.45, 2.75) is 18.8 Å². The van der Waals surface area contributed by atoms with Gasteiger partial charge in [-0.05, 0) is 83.0 Å². The van der Waals surface area contributed by atoms with Crippen LogP contribution in [0.2, 0.25) is 0 Å². The molecule has 0 aromatic heterocycles. The van der Waals surface area contributed by atoms with E-state index in [0.717, 1.165) is 29.9 Å². The molecule has 0 amide bonds. The van der Waals surface area contributed by atoms with E-state index in [1.54, 1.807) is 0 Å². The Balaban J connectivity index is 1.48. The van der Waals surface area contributed by atoms with E-state index in [2.05, 4.69) is 181 Å². The Labute approximate surface area is 256 Å². The number of hydrogen-bond acceptors (Lipinski definition) is 1. The van der Waals surface area contributed by atoms with Gasteiger partial charge in [-0.15, -0.1) is 0 Å². The van der Waals surface area contributed by atoms with E-state index in [0.29, 0.717) is 5.92 Å². The van der Waals surface area contributed by atoms with Gasteiger partial charge in [0.05, 0.1) is 0 Å². The van der Waals surface area contributed by atoms with Gasteiger partial charge in [-0.3, -0.25) is 0 Å². The summed E-state index contributed by atoms with van der Waals surface area (Å²) in [6.45, 7) is 4.23. The van der Waals surface area contributed by atoms with Gasteiger partial charge in [0, 0.05) is 23.0 Å². The fourth-order valence-corrected chi connectivity index (χ4v) is 5.94. The second-order valence-corrected chi connectivity index (χ2v) is 10.9. The second kappa shape index (κ2) is 13.7. The Bertz CT molecular complexity index is 1730. The maximum absolute atomic E-state index is 4.23. The minimum absolute atomic E-state index is 0.281. The summed E-state index contributed by atoms with van der Waals surface area (Å²) in [7, 11) is 0. The van der Waals surface area contributed by atoms with Crippen LogP contribution in [-0.2, 0) is 0 Å². The highest BCUT2D eigenvalue weighted by atomic mass is 15.1. The monoisotopic (exact) mass is 555 g/mol. The first-order valence-electron chi connectivity index (χ1n) is 15.1. The Morgan fingerprint density at radius 3 is 2.05 bits per heavy atom. The first kappa shape index (κ1) is 28.0. The average molecular weight is 556 g/mol. The molecule has 0 fully saturated rings. The van der Waals surface area contributed by atoms with Gasteiger partial charge in [-0.1, -0.05) is 146 Å². The zero-order valence-corrected chi connectivity index (χ0v) is 24.5. The van der Waals surface area contributed by atoms with Crippen LogP contribution in [0.1, 0.15) is 24.3 Å². The summed E-state index contributed by atoms with van der Waals surface area (Å²) in [6, 6.07) is 37.0. The Hall–Kier alpha value is -5.14. The molecule has 2 unspecified atom stereocenters. The van der Waals surface area contributed by atoms with Gasteiger partial charge in [0.15, 0.2) is 0 Å². The number of hydrogen-bond donors (Lipinski definition) is 0. The first-order valence-corrected chi connectivity index (χ1v) is 15.1. The van der Waals surface area contributed by atoms with Crippen molar-refractivity contribution in [3.63, 3.8) is 0 Å². The van der Waals surface area contributed by atoms with Crippen molar-refractivity contribution in [2.75, 3.05) is 4.90 Å². The number of para-hydroxylation sites is 1. The molecule has 0 saturated heterocycles. The third-order valence-corrected chi connectivity index (χ3v) is 8.10. The normalized spacial score (nSPS) is 17.8. The van der Waals surface area contributed by atoms with E-state index in [9.17, 15) is 0 Å². The molecule has 1 heteroatoms. The van der Waals surface area contributed by atoms with Gasteiger partial charge in [0.25, 0.3) is 0 Å². The lowest BCUT2D eigenvalue weighted by Crippen LogP contribution is -2.15. The fraction of sp³-hybridized carbons (Fsp3) is 0.0952. The van der Waals surface area contributed by atoms with E-state index < -0.39 is 0 Å². The Morgan fingerprint density at radius 2 is 1.35 bits per heavy atom. The molecule has 1 nitrogen and oxygen atoms in total. The number of anilines is 2. The summed E-state index contributed by atoms with van der Waals surface area (Å²) in [5, 5.41) is 0. The number of rotatable bonds is 9. The van der Waals surface area contributed by atoms with Crippen LogP contribution in [0.15, 0.2) is 188 Å². The summed E-state index contributed by atoms with van der Waals surface area (Å²) in [6.07, 6.45) is 28.2. The lowest BCUT2D eigenvalue weighted by molar-refractivity contribution is 0.822. The molecule has 0 saturated carbocycles. The summed E-state index contributed by atoms with van der Waals surface area (Å²) in [5.74, 6) is 0.697. The van der Waals surface area contributed by atoms with E-state index in [-0.39, 0.29) is 5.92 Å².